The van der Waals surface area contributed by atoms with Gasteiger partial charge in [0, 0.05) is 11.4 Å². The lowest BCUT2D eigenvalue weighted by Gasteiger charge is -2.17. The molecule has 18 heavy (non-hydrogen) atoms. The SMILES string of the molecule is CCCC(C)c1ccccc1Nc1ccccc1. The Kier molecular flexibility index (Phi) is 4.40. The fourth-order valence-corrected chi connectivity index (χ4v) is 2.31. The van der Waals surface area contributed by atoms with Gasteiger partial charge in [-0.25, -0.2) is 0 Å². The van der Waals surface area contributed by atoms with E-state index in [1.165, 1.54) is 24.1 Å². The molecule has 1 unspecified atom stereocenters. The van der Waals surface area contributed by atoms with E-state index in [2.05, 4.69) is 67.7 Å². The fourth-order valence-electron chi connectivity index (χ4n) is 2.31. The lowest BCUT2D eigenvalue weighted by molar-refractivity contribution is 0.666. The van der Waals surface area contributed by atoms with Gasteiger partial charge in [-0.3, -0.25) is 0 Å². The molecule has 0 saturated carbocycles. The van der Waals surface area contributed by atoms with Gasteiger partial charge in [0.15, 0.2) is 0 Å². The minimum absolute atomic E-state index is 0.599. The van der Waals surface area contributed by atoms with Gasteiger partial charge in [0.05, 0.1) is 0 Å². The molecule has 1 N–H and O–H groups in total. The molecule has 0 radical (unpaired) electrons. The maximum atomic E-state index is 3.51. The van der Waals surface area contributed by atoms with E-state index in [0.29, 0.717) is 5.92 Å². The molecule has 0 aromatic heterocycles. The zero-order valence-corrected chi connectivity index (χ0v) is 11.2. The van der Waals surface area contributed by atoms with Gasteiger partial charge in [-0.2, -0.15) is 0 Å². The molecule has 2 aromatic rings. The Morgan fingerprint density at radius 3 is 2.33 bits per heavy atom. The van der Waals surface area contributed by atoms with Crippen LogP contribution in [0.15, 0.2) is 54.6 Å². The average Bonchev–Trinajstić information content (AvgIpc) is 2.41. The number of benzene rings is 2. The third-order valence-electron chi connectivity index (χ3n) is 3.27. The zero-order valence-electron chi connectivity index (χ0n) is 11.2. The summed E-state index contributed by atoms with van der Waals surface area (Å²) in [5, 5.41) is 3.51. The van der Waals surface area contributed by atoms with Crippen LogP contribution in [0.2, 0.25) is 0 Å². The zero-order chi connectivity index (χ0) is 12.8. The molecule has 0 fully saturated rings. The molecule has 94 valence electrons. The number of rotatable bonds is 5. The predicted octanol–water partition coefficient (Wildman–Crippen LogP) is 5.33. The first-order chi connectivity index (χ1) is 8.81. The summed E-state index contributed by atoms with van der Waals surface area (Å²) in [6.45, 7) is 4.54. The predicted molar refractivity (Wildman–Crippen MR) is 79.5 cm³/mol. The largest absolute Gasteiger partial charge is 0.355 e. The number of nitrogens with one attached hydrogen (secondary N) is 1. The van der Waals surface area contributed by atoms with Crippen LogP contribution in [0.5, 0.6) is 0 Å². The van der Waals surface area contributed by atoms with Crippen molar-refractivity contribution in [3.8, 4) is 0 Å². The summed E-state index contributed by atoms with van der Waals surface area (Å²) in [5.74, 6) is 0.599. The van der Waals surface area contributed by atoms with Crippen molar-refractivity contribution in [2.75, 3.05) is 5.32 Å². The monoisotopic (exact) mass is 239 g/mol. The van der Waals surface area contributed by atoms with Gasteiger partial charge in [0.1, 0.15) is 0 Å². The standard InChI is InChI=1S/C17H21N/c1-3-9-14(2)16-12-7-8-13-17(16)18-15-10-5-4-6-11-15/h4-8,10-14,18H,3,9H2,1-2H3. The molecule has 0 spiro atoms. The molecule has 2 aromatic carbocycles. The van der Waals surface area contributed by atoms with E-state index in [4.69, 9.17) is 0 Å². The molecule has 1 nitrogen and oxygen atoms in total. The second-order valence-electron chi connectivity index (χ2n) is 4.77. The summed E-state index contributed by atoms with van der Waals surface area (Å²) in [5.41, 5.74) is 3.78. The lowest BCUT2D eigenvalue weighted by atomic mass is 9.95. The summed E-state index contributed by atoms with van der Waals surface area (Å²) in [7, 11) is 0. The summed E-state index contributed by atoms with van der Waals surface area (Å²) in [4.78, 5) is 0. The van der Waals surface area contributed by atoms with Crippen molar-refractivity contribution in [2.24, 2.45) is 0 Å². The Bertz CT molecular complexity index is 476. The van der Waals surface area contributed by atoms with Crippen LogP contribution in [-0.4, -0.2) is 0 Å². The summed E-state index contributed by atoms with van der Waals surface area (Å²) in [6.07, 6.45) is 2.45. The van der Waals surface area contributed by atoms with Crippen LogP contribution in [0.4, 0.5) is 11.4 Å². The second kappa shape index (κ2) is 6.25. The van der Waals surface area contributed by atoms with Crippen LogP contribution in [-0.2, 0) is 0 Å². The molecule has 0 heterocycles. The van der Waals surface area contributed by atoms with E-state index in [9.17, 15) is 0 Å². The molecule has 0 aliphatic heterocycles. The highest BCUT2D eigenvalue weighted by Crippen LogP contribution is 2.29. The van der Waals surface area contributed by atoms with E-state index in [1.54, 1.807) is 0 Å². The Morgan fingerprint density at radius 1 is 0.944 bits per heavy atom. The average molecular weight is 239 g/mol. The highest BCUT2D eigenvalue weighted by molar-refractivity contribution is 5.63. The molecule has 0 saturated heterocycles. The van der Waals surface area contributed by atoms with E-state index >= 15 is 0 Å². The van der Waals surface area contributed by atoms with E-state index in [1.807, 2.05) is 6.07 Å². The number of hydrogen-bond acceptors (Lipinski definition) is 1. The normalized spacial score (nSPS) is 12.1. The quantitative estimate of drug-likeness (QED) is 0.743. The molecular formula is C17H21N. The molecule has 1 atom stereocenters. The molecular weight excluding hydrogens is 218 g/mol. The van der Waals surface area contributed by atoms with Crippen molar-refractivity contribution >= 4 is 11.4 Å². The highest BCUT2D eigenvalue weighted by Gasteiger charge is 2.09. The summed E-state index contributed by atoms with van der Waals surface area (Å²) >= 11 is 0. The van der Waals surface area contributed by atoms with Crippen LogP contribution in [0.3, 0.4) is 0 Å². The second-order valence-corrected chi connectivity index (χ2v) is 4.77. The molecule has 0 bridgehead atoms. The van der Waals surface area contributed by atoms with Crippen molar-refractivity contribution in [3.05, 3.63) is 60.2 Å². The maximum Gasteiger partial charge on any atom is 0.0419 e. The van der Waals surface area contributed by atoms with Gasteiger partial charge < -0.3 is 5.32 Å². The molecule has 0 aliphatic carbocycles. The molecule has 0 aliphatic rings. The van der Waals surface area contributed by atoms with E-state index in [-0.39, 0.29) is 0 Å². The van der Waals surface area contributed by atoms with Gasteiger partial charge in [0.2, 0.25) is 0 Å². The first kappa shape index (κ1) is 12.7. The topological polar surface area (TPSA) is 12.0 Å². The van der Waals surface area contributed by atoms with Crippen molar-refractivity contribution in [1.82, 2.24) is 0 Å². The summed E-state index contributed by atoms with van der Waals surface area (Å²) in [6, 6.07) is 18.9. The number of hydrogen-bond donors (Lipinski definition) is 1. The fraction of sp³-hybridized carbons (Fsp3) is 0.294. The molecule has 0 amide bonds. The van der Waals surface area contributed by atoms with Gasteiger partial charge in [-0.05, 0) is 36.1 Å². The van der Waals surface area contributed by atoms with Crippen molar-refractivity contribution < 1.29 is 0 Å². The number of para-hydroxylation sites is 2. The van der Waals surface area contributed by atoms with E-state index in [0.717, 1.165) is 5.69 Å². The minimum Gasteiger partial charge on any atom is -0.355 e. The van der Waals surface area contributed by atoms with Gasteiger partial charge >= 0.3 is 0 Å². The van der Waals surface area contributed by atoms with Gasteiger partial charge in [-0.15, -0.1) is 0 Å². The Morgan fingerprint density at radius 2 is 1.61 bits per heavy atom. The van der Waals surface area contributed by atoms with Crippen LogP contribution in [0.1, 0.15) is 38.2 Å². The third kappa shape index (κ3) is 3.13. The Hall–Kier alpha value is -1.76. The van der Waals surface area contributed by atoms with Crippen molar-refractivity contribution in [2.45, 2.75) is 32.6 Å². The Labute approximate surface area is 110 Å². The van der Waals surface area contributed by atoms with Gasteiger partial charge in [-0.1, -0.05) is 56.7 Å². The first-order valence-corrected chi connectivity index (χ1v) is 6.72. The van der Waals surface area contributed by atoms with Crippen molar-refractivity contribution in [3.63, 3.8) is 0 Å². The molecule has 1 heteroatoms. The third-order valence-corrected chi connectivity index (χ3v) is 3.27. The first-order valence-electron chi connectivity index (χ1n) is 6.72. The Balaban J connectivity index is 2.22. The molecule has 2 rings (SSSR count). The van der Waals surface area contributed by atoms with Crippen LogP contribution in [0, 0.1) is 0 Å². The van der Waals surface area contributed by atoms with E-state index < -0.39 is 0 Å². The minimum atomic E-state index is 0.599. The van der Waals surface area contributed by atoms with Crippen LogP contribution < -0.4 is 5.32 Å². The van der Waals surface area contributed by atoms with Crippen LogP contribution in [0.25, 0.3) is 0 Å². The van der Waals surface area contributed by atoms with Crippen molar-refractivity contribution in [1.29, 1.82) is 0 Å². The van der Waals surface area contributed by atoms with Crippen LogP contribution >= 0.6 is 0 Å². The smallest absolute Gasteiger partial charge is 0.0419 e. The maximum absolute atomic E-state index is 3.51. The number of anilines is 2. The summed E-state index contributed by atoms with van der Waals surface area (Å²) < 4.78 is 0. The van der Waals surface area contributed by atoms with Gasteiger partial charge in [0.25, 0.3) is 0 Å². The lowest BCUT2D eigenvalue weighted by Crippen LogP contribution is -1.99. The highest BCUT2D eigenvalue weighted by atomic mass is 14.9.